The van der Waals surface area contributed by atoms with Gasteiger partial charge in [0.2, 0.25) is 0 Å². The van der Waals surface area contributed by atoms with E-state index in [1.165, 1.54) is 11.1 Å². The molecule has 0 bridgehead atoms. The molecule has 0 radical (unpaired) electrons. The molecule has 1 aromatic carbocycles. The van der Waals surface area contributed by atoms with Crippen molar-refractivity contribution in [3.05, 3.63) is 40.4 Å². The minimum absolute atomic E-state index is 0.781. The number of benzene rings is 1. The maximum atomic E-state index is 5.97. The van der Waals surface area contributed by atoms with Crippen LogP contribution in [0.1, 0.15) is 16.7 Å². The zero-order valence-electron chi connectivity index (χ0n) is 7.26. The summed E-state index contributed by atoms with van der Waals surface area (Å²) in [6, 6.07) is 3.93. The first kappa shape index (κ1) is 8.52. The number of aliphatic imine (C=N–C) groups is 1. The van der Waals surface area contributed by atoms with Gasteiger partial charge in [0, 0.05) is 23.3 Å². The Bertz CT molecular complexity index is 380. The Balaban J connectivity index is 2.65. The third-order valence-electron chi connectivity index (χ3n) is 2.21. The summed E-state index contributed by atoms with van der Waals surface area (Å²) in [5, 5.41) is 0.781. The highest BCUT2D eigenvalue weighted by molar-refractivity contribution is 6.31. The molecule has 0 saturated heterocycles. The van der Waals surface area contributed by atoms with Crippen molar-refractivity contribution in [1.29, 1.82) is 0 Å². The molecule has 0 saturated carbocycles. The minimum atomic E-state index is 0.781. The van der Waals surface area contributed by atoms with E-state index in [9.17, 15) is 0 Å². The Kier molecular flexibility index (Phi) is 2.19. The van der Waals surface area contributed by atoms with Crippen LogP contribution in [-0.4, -0.2) is 12.8 Å². The first-order valence-corrected chi connectivity index (χ1v) is 4.64. The van der Waals surface area contributed by atoms with Gasteiger partial charge in [0.05, 0.1) is 0 Å². The zero-order chi connectivity index (χ0) is 9.26. The van der Waals surface area contributed by atoms with Gasteiger partial charge in [0.15, 0.2) is 0 Å². The Morgan fingerprint density at radius 3 is 3.08 bits per heavy atom. The average molecular weight is 192 g/mol. The Labute approximate surface area is 82.8 Å². The van der Waals surface area contributed by atoms with E-state index in [4.69, 9.17) is 11.6 Å². The fraction of sp³-hybridized carbons (Fsp3) is 0.182. The molecule has 0 N–H and O–H groups in total. The number of rotatable bonds is 1. The molecule has 0 aliphatic carbocycles. The van der Waals surface area contributed by atoms with E-state index in [-0.39, 0.29) is 0 Å². The summed E-state index contributed by atoms with van der Waals surface area (Å²) >= 11 is 5.97. The summed E-state index contributed by atoms with van der Waals surface area (Å²) in [5.74, 6) is 0. The second-order valence-electron chi connectivity index (χ2n) is 3.06. The van der Waals surface area contributed by atoms with Crippen LogP contribution in [0.5, 0.6) is 0 Å². The van der Waals surface area contributed by atoms with E-state index in [1.807, 2.05) is 24.4 Å². The molecule has 0 aromatic heterocycles. The summed E-state index contributed by atoms with van der Waals surface area (Å²) < 4.78 is 0. The van der Waals surface area contributed by atoms with Gasteiger partial charge in [0.1, 0.15) is 0 Å². The van der Waals surface area contributed by atoms with E-state index < -0.39 is 0 Å². The first-order chi connectivity index (χ1) is 6.31. The molecule has 1 aliphatic heterocycles. The molecule has 1 nitrogen and oxygen atoms in total. The van der Waals surface area contributed by atoms with E-state index in [0.717, 1.165) is 23.6 Å². The van der Waals surface area contributed by atoms with Gasteiger partial charge in [-0.25, -0.2) is 0 Å². The highest BCUT2D eigenvalue weighted by atomic mass is 35.5. The van der Waals surface area contributed by atoms with Gasteiger partial charge in [-0.1, -0.05) is 24.3 Å². The lowest BCUT2D eigenvalue weighted by molar-refractivity contribution is 0.951. The van der Waals surface area contributed by atoms with E-state index in [0.29, 0.717) is 0 Å². The fourth-order valence-electron chi connectivity index (χ4n) is 1.57. The lowest BCUT2D eigenvalue weighted by Crippen LogP contribution is -2.04. The third-order valence-corrected chi connectivity index (χ3v) is 2.43. The summed E-state index contributed by atoms with van der Waals surface area (Å²) in [7, 11) is 0. The molecular formula is C11H10ClN. The Morgan fingerprint density at radius 2 is 2.31 bits per heavy atom. The molecule has 0 amide bonds. The number of fused-ring (bicyclic) bond motifs is 1. The Morgan fingerprint density at radius 1 is 1.46 bits per heavy atom. The van der Waals surface area contributed by atoms with Crippen LogP contribution in [0, 0.1) is 0 Å². The molecule has 0 spiro atoms. The predicted octanol–water partition coefficient (Wildman–Crippen LogP) is 2.96. The standard InChI is InChI=1S/C11H10ClN/c1-2-8-5-10(12)6-9-3-4-13-7-11(8)9/h2,5-7H,1,3-4H2. The second kappa shape index (κ2) is 3.35. The highest BCUT2D eigenvalue weighted by Gasteiger charge is 2.09. The fourth-order valence-corrected chi connectivity index (χ4v) is 1.82. The van der Waals surface area contributed by atoms with Gasteiger partial charge in [-0.3, -0.25) is 4.99 Å². The molecule has 0 atom stereocenters. The minimum Gasteiger partial charge on any atom is -0.292 e. The van der Waals surface area contributed by atoms with Crippen molar-refractivity contribution >= 4 is 23.9 Å². The van der Waals surface area contributed by atoms with Crippen molar-refractivity contribution in [2.75, 3.05) is 6.54 Å². The molecular weight excluding hydrogens is 182 g/mol. The van der Waals surface area contributed by atoms with Crippen LogP contribution in [-0.2, 0) is 6.42 Å². The molecule has 1 aromatic rings. The van der Waals surface area contributed by atoms with Crippen molar-refractivity contribution in [3.8, 4) is 0 Å². The molecule has 66 valence electrons. The number of hydrogen-bond acceptors (Lipinski definition) is 1. The van der Waals surface area contributed by atoms with Crippen LogP contribution in [0.4, 0.5) is 0 Å². The van der Waals surface area contributed by atoms with E-state index in [1.54, 1.807) is 0 Å². The van der Waals surface area contributed by atoms with Crippen LogP contribution >= 0.6 is 11.6 Å². The summed E-state index contributed by atoms with van der Waals surface area (Å²) in [5.41, 5.74) is 3.52. The number of halogens is 1. The largest absolute Gasteiger partial charge is 0.292 e. The smallest absolute Gasteiger partial charge is 0.0430 e. The van der Waals surface area contributed by atoms with Crippen molar-refractivity contribution in [2.24, 2.45) is 4.99 Å². The van der Waals surface area contributed by atoms with Crippen molar-refractivity contribution in [1.82, 2.24) is 0 Å². The van der Waals surface area contributed by atoms with E-state index in [2.05, 4.69) is 11.6 Å². The van der Waals surface area contributed by atoms with Crippen molar-refractivity contribution in [3.63, 3.8) is 0 Å². The van der Waals surface area contributed by atoms with Crippen LogP contribution < -0.4 is 0 Å². The van der Waals surface area contributed by atoms with Gasteiger partial charge in [-0.05, 0) is 29.7 Å². The summed E-state index contributed by atoms with van der Waals surface area (Å²) in [4.78, 5) is 4.24. The second-order valence-corrected chi connectivity index (χ2v) is 3.49. The average Bonchev–Trinajstić information content (AvgIpc) is 2.16. The van der Waals surface area contributed by atoms with Crippen LogP contribution in [0.3, 0.4) is 0 Å². The van der Waals surface area contributed by atoms with Crippen LogP contribution in [0.15, 0.2) is 23.7 Å². The molecule has 2 heteroatoms. The Hall–Kier alpha value is -1.08. The first-order valence-electron chi connectivity index (χ1n) is 4.26. The van der Waals surface area contributed by atoms with Gasteiger partial charge in [-0.15, -0.1) is 0 Å². The highest BCUT2D eigenvalue weighted by Crippen LogP contribution is 2.23. The van der Waals surface area contributed by atoms with Gasteiger partial charge in [0.25, 0.3) is 0 Å². The van der Waals surface area contributed by atoms with Crippen LogP contribution in [0.2, 0.25) is 5.02 Å². The topological polar surface area (TPSA) is 12.4 Å². The molecule has 1 aliphatic rings. The van der Waals surface area contributed by atoms with Gasteiger partial charge >= 0.3 is 0 Å². The van der Waals surface area contributed by atoms with Crippen LogP contribution in [0.25, 0.3) is 6.08 Å². The lowest BCUT2D eigenvalue weighted by Gasteiger charge is -2.12. The zero-order valence-corrected chi connectivity index (χ0v) is 8.01. The van der Waals surface area contributed by atoms with E-state index >= 15 is 0 Å². The maximum Gasteiger partial charge on any atom is 0.0430 e. The number of hydrogen-bond donors (Lipinski definition) is 0. The normalized spacial score (nSPS) is 13.9. The maximum absolute atomic E-state index is 5.97. The van der Waals surface area contributed by atoms with Crippen molar-refractivity contribution < 1.29 is 0 Å². The summed E-state index contributed by atoms with van der Waals surface area (Å²) in [6.07, 6.45) is 4.71. The number of nitrogens with zero attached hydrogens (tertiary/aromatic N) is 1. The monoisotopic (exact) mass is 191 g/mol. The molecule has 13 heavy (non-hydrogen) atoms. The third kappa shape index (κ3) is 1.52. The molecule has 0 fully saturated rings. The quantitative estimate of drug-likeness (QED) is 0.647. The summed E-state index contributed by atoms with van der Waals surface area (Å²) in [6.45, 7) is 4.62. The van der Waals surface area contributed by atoms with Crippen molar-refractivity contribution in [2.45, 2.75) is 6.42 Å². The van der Waals surface area contributed by atoms with Gasteiger partial charge < -0.3 is 0 Å². The van der Waals surface area contributed by atoms with Gasteiger partial charge in [-0.2, -0.15) is 0 Å². The molecule has 1 heterocycles. The molecule has 2 rings (SSSR count). The molecule has 0 unspecified atom stereocenters. The predicted molar refractivity (Wildman–Crippen MR) is 57.7 cm³/mol. The lowest BCUT2D eigenvalue weighted by atomic mass is 9.98. The SMILES string of the molecule is C=Cc1cc(Cl)cc2c1C=NCC2.